The Kier molecular flexibility index (Phi) is 14.2. The summed E-state index contributed by atoms with van der Waals surface area (Å²) in [6.45, 7) is 3.29. The van der Waals surface area contributed by atoms with E-state index >= 15 is 0 Å². The van der Waals surface area contributed by atoms with E-state index in [9.17, 15) is 4.79 Å². The van der Waals surface area contributed by atoms with Crippen molar-refractivity contribution in [2.75, 3.05) is 20.6 Å². The molecule has 0 aliphatic rings. The zero-order chi connectivity index (χ0) is 23.7. The van der Waals surface area contributed by atoms with Crippen LogP contribution in [0.25, 0.3) is 10.9 Å². The first-order valence-electron chi connectivity index (χ1n) is 13.9. The maximum Gasteiger partial charge on any atom is 0.231 e. The van der Waals surface area contributed by atoms with Crippen molar-refractivity contribution in [1.82, 2.24) is 9.47 Å². The number of para-hydroxylation sites is 1. The minimum absolute atomic E-state index is 0.247. The van der Waals surface area contributed by atoms with Crippen LogP contribution < -0.4 is 0 Å². The van der Waals surface area contributed by atoms with Gasteiger partial charge in [0.2, 0.25) is 5.91 Å². The molecule has 0 radical (unpaired) electrons. The summed E-state index contributed by atoms with van der Waals surface area (Å²) in [6, 6.07) is 8.34. The third kappa shape index (κ3) is 10.9. The zero-order valence-corrected chi connectivity index (χ0v) is 21.9. The van der Waals surface area contributed by atoms with Gasteiger partial charge in [0.1, 0.15) is 0 Å². The Balaban J connectivity index is 1.55. The monoisotopic (exact) mass is 454 g/mol. The second-order valence-corrected chi connectivity index (χ2v) is 10.2. The lowest BCUT2D eigenvalue weighted by Gasteiger charge is -2.07. The molecule has 2 rings (SSSR count). The van der Waals surface area contributed by atoms with E-state index in [0.29, 0.717) is 6.42 Å². The van der Waals surface area contributed by atoms with Crippen molar-refractivity contribution in [3.8, 4) is 0 Å². The Labute approximate surface area is 203 Å². The predicted molar refractivity (Wildman–Crippen MR) is 144 cm³/mol. The minimum Gasteiger partial charge on any atom is -0.309 e. The number of likely N-dealkylation sites (N-methyl/N-ethyl adjacent to an activating group) is 1. The van der Waals surface area contributed by atoms with Crippen molar-refractivity contribution in [1.29, 1.82) is 0 Å². The molecule has 1 heterocycles. The van der Waals surface area contributed by atoms with E-state index in [0.717, 1.165) is 24.9 Å². The maximum atomic E-state index is 12.9. The lowest BCUT2D eigenvalue weighted by atomic mass is 10.0. The fraction of sp³-hybridized carbons (Fsp3) is 0.700. The van der Waals surface area contributed by atoms with Gasteiger partial charge in [-0.3, -0.25) is 9.36 Å². The molecule has 0 fully saturated rings. The van der Waals surface area contributed by atoms with Gasteiger partial charge in [-0.1, -0.05) is 115 Å². The van der Waals surface area contributed by atoms with E-state index in [1.54, 1.807) is 0 Å². The number of benzene rings is 1. The first-order chi connectivity index (χ1) is 16.1. The van der Waals surface area contributed by atoms with Crippen LogP contribution in [0.3, 0.4) is 0 Å². The standard InChI is InChI=1S/C30H50N2O/c1-4-5-6-7-8-9-10-11-12-13-14-15-16-17-18-23-30(33)32-26-27(24-25-31(2)3)28-21-19-20-22-29(28)32/h19-22,26H,4-18,23-25H2,1-3H3. The first kappa shape index (κ1) is 27.6. The second kappa shape index (κ2) is 16.9. The molecule has 0 atom stereocenters. The first-order valence-corrected chi connectivity index (χ1v) is 13.9. The summed E-state index contributed by atoms with van der Waals surface area (Å²) in [7, 11) is 4.20. The highest BCUT2D eigenvalue weighted by atomic mass is 16.2. The number of unbranched alkanes of at least 4 members (excludes halogenated alkanes) is 14. The molecule has 2 aromatic rings. The molecule has 0 aliphatic carbocycles. The average molecular weight is 455 g/mol. The summed E-state index contributed by atoms with van der Waals surface area (Å²) in [4.78, 5) is 15.1. The van der Waals surface area contributed by atoms with Gasteiger partial charge in [0.15, 0.2) is 0 Å². The number of rotatable bonds is 19. The third-order valence-electron chi connectivity index (χ3n) is 6.89. The van der Waals surface area contributed by atoms with Crippen LogP contribution in [0.2, 0.25) is 0 Å². The molecule has 33 heavy (non-hydrogen) atoms. The molecule has 3 heteroatoms. The normalized spacial score (nSPS) is 11.6. The fourth-order valence-electron chi connectivity index (χ4n) is 4.77. The summed E-state index contributed by atoms with van der Waals surface area (Å²) >= 11 is 0. The fourth-order valence-corrected chi connectivity index (χ4v) is 4.77. The number of hydrogen-bond acceptors (Lipinski definition) is 2. The molecule has 1 aromatic carbocycles. The highest BCUT2D eigenvalue weighted by Gasteiger charge is 2.13. The van der Waals surface area contributed by atoms with Crippen molar-refractivity contribution in [3.63, 3.8) is 0 Å². The van der Waals surface area contributed by atoms with Crippen LogP contribution in [0.1, 0.15) is 120 Å². The summed E-state index contributed by atoms with van der Waals surface area (Å²) in [5.74, 6) is 0.247. The molecule has 0 unspecified atom stereocenters. The molecule has 0 aliphatic heterocycles. The molecular weight excluding hydrogens is 404 g/mol. The van der Waals surface area contributed by atoms with Crippen LogP contribution in [-0.4, -0.2) is 36.0 Å². The lowest BCUT2D eigenvalue weighted by Crippen LogP contribution is -2.15. The molecule has 186 valence electrons. The van der Waals surface area contributed by atoms with Crippen LogP contribution in [0.4, 0.5) is 0 Å². The zero-order valence-electron chi connectivity index (χ0n) is 21.9. The van der Waals surface area contributed by atoms with E-state index < -0.39 is 0 Å². The van der Waals surface area contributed by atoms with Gasteiger partial charge >= 0.3 is 0 Å². The summed E-state index contributed by atoms with van der Waals surface area (Å²) in [5, 5.41) is 1.23. The Morgan fingerprint density at radius 3 is 1.82 bits per heavy atom. The molecule has 0 spiro atoms. The Morgan fingerprint density at radius 2 is 1.27 bits per heavy atom. The van der Waals surface area contributed by atoms with E-state index in [1.165, 1.54) is 101 Å². The van der Waals surface area contributed by atoms with Gasteiger partial charge in [-0.05, 0) is 38.6 Å². The van der Waals surface area contributed by atoms with Crippen molar-refractivity contribution in [2.45, 2.75) is 116 Å². The van der Waals surface area contributed by atoms with Crippen LogP contribution in [0.5, 0.6) is 0 Å². The maximum absolute atomic E-state index is 12.9. The van der Waals surface area contributed by atoms with Crippen molar-refractivity contribution in [2.24, 2.45) is 0 Å². The summed E-state index contributed by atoms with van der Waals surface area (Å²) in [5.41, 5.74) is 2.35. The van der Waals surface area contributed by atoms with E-state index in [1.807, 2.05) is 10.6 Å². The van der Waals surface area contributed by atoms with E-state index in [4.69, 9.17) is 0 Å². The molecule has 0 N–H and O–H groups in total. The summed E-state index contributed by atoms with van der Waals surface area (Å²) in [6.07, 6.45) is 24.0. The van der Waals surface area contributed by atoms with Gasteiger partial charge in [-0.2, -0.15) is 0 Å². The number of fused-ring (bicyclic) bond motifs is 1. The van der Waals surface area contributed by atoms with Gasteiger partial charge in [-0.25, -0.2) is 0 Å². The highest BCUT2D eigenvalue weighted by Crippen LogP contribution is 2.23. The van der Waals surface area contributed by atoms with Gasteiger partial charge in [0, 0.05) is 24.5 Å². The predicted octanol–water partition coefficient (Wildman–Crippen LogP) is 8.65. The van der Waals surface area contributed by atoms with Crippen LogP contribution in [0, 0.1) is 0 Å². The molecule has 1 aromatic heterocycles. The Hall–Kier alpha value is -1.61. The highest BCUT2D eigenvalue weighted by molar-refractivity contribution is 5.94. The number of nitrogens with zero attached hydrogens (tertiary/aromatic N) is 2. The second-order valence-electron chi connectivity index (χ2n) is 10.2. The number of aromatic nitrogens is 1. The van der Waals surface area contributed by atoms with Crippen molar-refractivity contribution < 1.29 is 4.79 Å². The lowest BCUT2D eigenvalue weighted by molar-refractivity contribution is 0.0904. The SMILES string of the molecule is CCCCCCCCCCCCCCCCCC(=O)n1cc(CCN(C)C)c2ccccc21. The molecule has 0 bridgehead atoms. The number of carbonyl (C=O) groups is 1. The average Bonchev–Trinajstić information content (AvgIpc) is 3.19. The Bertz CT molecular complexity index is 777. The Morgan fingerprint density at radius 1 is 0.758 bits per heavy atom. The summed E-state index contributed by atoms with van der Waals surface area (Å²) < 4.78 is 1.91. The number of carbonyl (C=O) groups excluding carboxylic acids is 1. The van der Waals surface area contributed by atoms with Crippen LogP contribution in [-0.2, 0) is 6.42 Å². The third-order valence-corrected chi connectivity index (χ3v) is 6.89. The molecular formula is C30H50N2O. The van der Waals surface area contributed by atoms with E-state index in [-0.39, 0.29) is 5.91 Å². The minimum atomic E-state index is 0.247. The largest absolute Gasteiger partial charge is 0.309 e. The van der Waals surface area contributed by atoms with Crippen LogP contribution >= 0.6 is 0 Å². The number of hydrogen-bond donors (Lipinski definition) is 0. The van der Waals surface area contributed by atoms with Crippen molar-refractivity contribution >= 4 is 16.8 Å². The molecule has 0 saturated heterocycles. The molecule has 3 nitrogen and oxygen atoms in total. The van der Waals surface area contributed by atoms with Gasteiger partial charge in [0.25, 0.3) is 0 Å². The smallest absolute Gasteiger partial charge is 0.231 e. The molecule has 0 saturated carbocycles. The van der Waals surface area contributed by atoms with Crippen LogP contribution in [0.15, 0.2) is 30.5 Å². The topological polar surface area (TPSA) is 25.2 Å². The quantitative estimate of drug-likeness (QED) is 0.198. The van der Waals surface area contributed by atoms with Crippen molar-refractivity contribution in [3.05, 3.63) is 36.0 Å². The molecule has 0 amide bonds. The van der Waals surface area contributed by atoms with Gasteiger partial charge < -0.3 is 4.90 Å². The van der Waals surface area contributed by atoms with Gasteiger partial charge in [-0.15, -0.1) is 0 Å². The van der Waals surface area contributed by atoms with E-state index in [2.05, 4.69) is 50.3 Å². The van der Waals surface area contributed by atoms with Gasteiger partial charge in [0.05, 0.1) is 5.52 Å².